The van der Waals surface area contributed by atoms with Gasteiger partial charge >= 0.3 is 0 Å². The number of amides is 4. The van der Waals surface area contributed by atoms with Gasteiger partial charge in [0.05, 0.1) is 13.2 Å². The highest BCUT2D eigenvalue weighted by molar-refractivity contribution is 6.07. The molecule has 0 spiro atoms. The molecule has 0 aliphatic carbocycles. The third kappa shape index (κ3) is 5.23. The molecular weight excluding hydrogens is 426 g/mol. The van der Waals surface area contributed by atoms with Crippen LogP contribution in [0.5, 0.6) is 0 Å². The average molecular weight is 466 g/mol. The zero-order chi connectivity index (χ0) is 25.2. The van der Waals surface area contributed by atoms with Gasteiger partial charge in [-0.25, -0.2) is 0 Å². The van der Waals surface area contributed by atoms with E-state index in [0.717, 1.165) is 0 Å². The number of imide groups is 1. The molecule has 1 N–H and O–H groups in total. The molecule has 2 heterocycles. The van der Waals surface area contributed by atoms with Gasteiger partial charge in [-0.1, -0.05) is 41.5 Å². The molecule has 0 aromatic heterocycles. The van der Waals surface area contributed by atoms with Crippen LogP contribution in [0.15, 0.2) is 11.8 Å². The molecule has 0 unspecified atom stereocenters. The van der Waals surface area contributed by atoms with Crippen LogP contribution in [0.3, 0.4) is 0 Å². The third-order valence-corrected chi connectivity index (χ3v) is 6.53. The lowest BCUT2D eigenvalue weighted by molar-refractivity contribution is -0.156. The monoisotopic (exact) mass is 465 g/mol. The van der Waals surface area contributed by atoms with Crippen LogP contribution in [0.4, 0.5) is 0 Å². The van der Waals surface area contributed by atoms with E-state index < -0.39 is 42.0 Å². The molecule has 0 saturated carbocycles. The quantitative estimate of drug-likeness (QED) is 0.543. The number of likely N-dealkylation sites (N-methyl/N-ethyl adjacent to an activating group) is 1. The van der Waals surface area contributed by atoms with Crippen molar-refractivity contribution in [3.05, 3.63) is 11.8 Å². The molecule has 2 aliphatic rings. The molecule has 9 heteroatoms. The summed E-state index contributed by atoms with van der Waals surface area (Å²) in [5.41, 5.74) is 0. The van der Waals surface area contributed by atoms with E-state index in [-0.39, 0.29) is 23.7 Å². The topological polar surface area (TPSA) is 107 Å². The van der Waals surface area contributed by atoms with Crippen molar-refractivity contribution in [2.24, 2.45) is 17.8 Å². The van der Waals surface area contributed by atoms with Crippen LogP contribution >= 0.6 is 0 Å². The first-order valence-electron chi connectivity index (χ1n) is 11.7. The van der Waals surface area contributed by atoms with E-state index in [1.54, 1.807) is 13.8 Å². The zero-order valence-electron chi connectivity index (χ0n) is 21.1. The summed E-state index contributed by atoms with van der Waals surface area (Å²) in [5.74, 6) is -1.88. The third-order valence-electron chi connectivity index (χ3n) is 6.53. The number of rotatable bonds is 8. The van der Waals surface area contributed by atoms with Gasteiger partial charge in [0.2, 0.25) is 5.91 Å². The van der Waals surface area contributed by atoms with Gasteiger partial charge in [-0.05, 0) is 30.6 Å². The molecule has 186 valence electrons. The molecule has 2 aliphatic heterocycles. The van der Waals surface area contributed by atoms with E-state index in [1.165, 1.54) is 34.9 Å². The Bertz CT molecular complexity index is 806. The van der Waals surface area contributed by atoms with Crippen molar-refractivity contribution in [2.75, 3.05) is 20.7 Å². The number of carbonyl (C=O) groups is 4. The highest BCUT2D eigenvalue weighted by Gasteiger charge is 2.47. The van der Waals surface area contributed by atoms with E-state index in [4.69, 9.17) is 4.74 Å². The number of ether oxygens (including phenoxy) is 1. The largest absolute Gasteiger partial charge is 0.499 e. The van der Waals surface area contributed by atoms with Gasteiger partial charge in [0.15, 0.2) is 0 Å². The Morgan fingerprint density at radius 1 is 1.12 bits per heavy atom. The lowest BCUT2D eigenvalue weighted by Gasteiger charge is -2.37. The fourth-order valence-electron chi connectivity index (χ4n) is 4.74. The first-order valence-corrected chi connectivity index (χ1v) is 11.7. The second-order valence-corrected chi connectivity index (χ2v) is 10.0. The second-order valence-electron chi connectivity index (χ2n) is 10.0. The first kappa shape index (κ1) is 26.8. The predicted molar refractivity (Wildman–Crippen MR) is 123 cm³/mol. The summed E-state index contributed by atoms with van der Waals surface area (Å²) in [6, 6.07) is -2.13. The Labute approximate surface area is 196 Å². The standard InChI is InChI=1S/C24H39N3O6/c1-13(2)19-17(33-8)12-18(28)27(19)22(30)16-10-9-11-26(16)23(31)20(14(3)4)25(7)24(32)21(29)15(5)6/h12-16,19-21,29H,9-11H2,1-8H3/t16-,19-,20-,21-/m0/s1. The molecule has 1 saturated heterocycles. The van der Waals surface area contributed by atoms with Crippen LogP contribution in [0.2, 0.25) is 0 Å². The summed E-state index contributed by atoms with van der Waals surface area (Å²) in [5, 5.41) is 10.3. The van der Waals surface area contributed by atoms with Gasteiger partial charge in [0.1, 0.15) is 23.9 Å². The lowest BCUT2D eigenvalue weighted by atomic mass is 9.98. The highest BCUT2D eigenvalue weighted by atomic mass is 16.5. The Morgan fingerprint density at radius 3 is 2.21 bits per heavy atom. The molecule has 2 rings (SSSR count). The van der Waals surface area contributed by atoms with E-state index in [2.05, 4.69) is 0 Å². The van der Waals surface area contributed by atoms with Gasteiger partial charge in [-0.15, -0.1) is 0 Å². The molecule has 9 nitrogen and oxygen atoms in total. The minimum atomic E-state index is -1.22. The lowest BCUT2D eigenvalue weighted by Crippen LogP contribution is -2.58. The Balaban J connectivity index is 2.30. The van der Waals surface area contributed by atoms with Gasteiger partial charge in [-0.2, -0.15) is 0 Å². The van der Waals surface area contributed by atoms with Crippen LogP contribution in [-0.2, 0) is 23.9 Å². The maximum Gasteiger partial charge on any atom is 0.257 e. The summed E-state index contributed by atoms with van der Waals surface area (Å²) >= 11 is 0. The summed E-state index contributed by atoms with van der Waals surface area (Å²) in [6.07, 6.45) is 1.18. The molecule has 0 bridgehead atoms. The Kier molecular flexibility index (Phi) is 8.68. The van der Waals surface area contributed by atoms with E-state index in [0.29, 0.717) is 25.1 Å². The summed E-state index contributed by atoms with van der Waals surface area (Å²) in [6.45, 7) is 11.3. The molecule has 4 atom stereocenters. The van der Waals surface area contributed by atoms with Crippen molar-refractivity contribution >= 4 is 23.6 Å². The van der Waals surface area contributed by atoms with Crippen molar-refractivity contribution in [3.8, 4) is 0 Å². The van der Waals surface area contributed by atoms with Crippen molar-refractivity contribution in [1.29, 1.82) is 0 Å². The van der Waals surface area contributed by atoms with Crippen molar-refractivity contribution in [3.63, 3.8) is 0 Å². The van der Waals surface area contributed by atoms with E-state index in [1.807, 2.05) is 27.7 Å². The van der Waals surface area contributed by atoms with E-state index >= 15 is 0 Å². The number of methoxy groups -OCH3 is 1. The van der Waals surface area contributed by atoms with Crippen LogP contribution in [-0.4, -0.2) is 88.4 Å². The second kappa shape index (κ2) is 10.7. The number of carbonyl (C=O) groups excluding carboxylic acids is 4. The number of aliphatic hydroxyl groups is 1. The normalized spacial score (nSPS) is 22.8. The van der Waals surface area contributed by atoms with Crippen LogP contribution < -0.4 is 0 Å². The molecule has 4 amide bonds. The van der Waals surface area contributed by atoms with Crippen molar-refractivity contribution in [1.82, 2.24) is 14.7 Å². The zero-order valence-corrected chi connectivity index (χ0v) is 21.1. The molecule has 0 radical (unpaired) electrons. The Hall–Kier alpha value is -2.42. The van der Waals surface area contributed by atoms with Crippen LogP contribution in [0, 0.1) is 17.8 Å². The van der Waals surface area contributed by atoms with Crippen LogP contribution in [0.25, 0.3) is 0 Å². The molecule has 0 aromatic rings. The average Bonchev–Trinajstić information content (AvgIpc) is 3.36. The first-order chi connectivity index (χ1) is 15.3. The fourth-order valence-corrected chi connectivity index (χ4v) is 4.74. The van der Waals surface area contributed by atoms with Gasteiger partial charge in [-0.3, -0.25) is 24.1 Å². The molecular formula is C24H39N3O6. The fraction of sp³-hybridized carbons (Fsp3) is 0.750. The van der Waals surface area contributed by atoms with Crippen LogP contribution in [0.1, 0.15) is 54.4 Å². The Morgan fingerprint density at radius 2 is 1.73 bits per heavy atom. The minimum Gasteiger partial charge on any atom is -0.499 e. The number of nitrogens with zero attached hydrogens (tertiary/aromatic N) is 3. The SMILES string of the molecule is COC1=CC(=O)N(C(=O)[C@@H]2CCCN2C(=O)[C@H](C(C)C)N(C)C(=O)[C@@H](O)C(C)C)[C@H]1C(C)C. The molecule has 33 heavy (non-hydrogen) atoms. The number of likely N-dealkylation sites (tertiary alicyclic amines) is 1. The van der Waals surface area contributed by atoms with Gasteiger partial charge < -0.3 is 19.6 Å². The number of aliphatic hydroxyl groups excluding tert-OH is 1. The van der Waals surface area contributed by atoms with Gasteiger partial charge in [0.25, 0.3) is 17.7 Å². The predicted octanol–water partition coefficient (Wildman–Crippen LogP) is 1.40. The summed E-state index contributed by atoms with van der Waals surface area (Å²) < 4.78 is 5.34. The van der Waals surface area contributed by atoms with Gasteiger partial charge in [0, 0.05) is 19.7 Å². The number of hydrogen-bond donors (Lipinski definition) is 1. The summed E-state index contributed by atoms with van der Waals surface area (Å²) in [4.78, 5) is 56.6. The summed E-state index contributed by atoms with van der Waals surface area (Å²) in [7, 11) is 2.98. The smallest absolute Gasteiger partial charge is 0.257 e. The maximum atomic E-state index is 13.6. The van der Waals surface area contributed by atoms with Crippen molar-refractivity contribution < 1.29 is 29.0 Å². The maximum absolute atomic E-state index is 13.6. The minimum absolute atomic E-state index is 0.0538. The molecule has 1 fully saturated rings. The van der Waals surface area contributed by atoms with Crippen molar-refractivity contribution in [2.45, 2.75) is 78.6 Å². The molecule has 0 aromatic carbocycles. The van der Waals surface area contributed by atoms with E-state index in [9.17, 15) is 24.3 Å². The number of hydrogen-bond acceptors (Lipinski definition) is 6. The highest BCUT2D eigenvalue weighted by Crippen LogP contribution is 2.31.